The van der Waals surface area contributed by atoms with Crippen molar-refractivity contribution < 1.29 is 58.5 Å². The van der Waals surface area contributed by atoms with Crippen LogP contribution in [0.4, 0.5) is 9.59 Å². The number of amides is 4. The molecular weight excluding hydrogens is 1040 g/mol. The van der Waals surface area contributed by atoms with Gasteiger partial charge in [-0.05, 0) is 149 Å². The highest BCUT2D eigenvalue weighted by atomic mass is 32.2. The van der Waals surface area contributed by atoms with Crippen molar-refractivity contribution in [3.63, 3.8) is 0 Å². The van der Waals surface area contributed by atoms with E-state index in [1.54, 1.807) is 97.5 Å². The lowest BCUT2D eigenvalue weighted by atomic mass is 10.1. The van der Waals surface area contributed by atoms with Gasteiger partial charge in [0.25, 0.3) is 25.2 Å². The summed E-state index contributed by atoms with van der Waals surface area (Å²) >= 11 is 1.28. The zero-order valence-corrected chi connectivity index (χ0v) is 45.9. The van der Waals surface area contributed by atoms with Crippen LogP contribution in [0.15, 0.2) is 154 Å². The summed E-state index contributed by atoms with van der Waals surface area (Å²) < 4.78 is 109. The second kappa shape index (κ2) is 23.3. The number of urea groups is 2. The SMILES string of the molecule is COc1ccc(-c2cccc(Oc3ccc(-c4csc(OC)n4)cc3S(=O)(=O)NC(=O)NC(C)(C)C)c2)cc1.COc1ccc(-c2cccc(Oc3ccc(S(C)(=O)=O)cc3S(=O)(=O)NC(=O)NC(C)(C)C)c2)cc1. The Hall–Kier alpha value is -7.66. The summed E-state index contributed by atoms with van der Waals surface area (Å²) in [5, 5.41) is 7.29. The van der Waals surface area contributed by atoms with Gasteiger partial charge >= 0.3 is 12.1 Å². The van der Waals surface area contributed by atoms with Gasteiger partial charge in [-0.3, -0.25) is 0 Å². The molecule has 4 N–H and O–H groups in total. The topological polar surface area (TPSA) is 244 Å². The molecule has 18 nitrogen and oxygen atoms in total. The number of aromatic nitrogens is 1. The second-order valence-corrected chi connectivity index (χ2v) is 24.7. The highest BCUT2D eigenvalue weighted by Crippen LogP contribution is 2.37. The molecule has 0 aliphatic rings. The molecule has 75 heavy (non-hydrogen) atoms. The molecule has 22 heteroatoms. The standard InChI is InChI=1S/C28H29N3O6S2.C25H28N2O7S2/c1-28(2,3)30-26(32)31-39(33,34)25-16-20(23-17-38-27(29-23)36-5)11-14-24(25)37-22-8-6-7-19(15-22)18-9-12-21(35-4)13-10-18;1-25(2,3)26-24(28)27-36(31,32)23-16-21(35(5,29)30)13-14-22(23)34-20-8-6-7-18(15-20)17-9-11-19(33-4)12-10-17/h6-17H,1-5H3,(H2,30,31,32);6-16H,1-5H3,(H2,26,27,28). The van der Waals surface area contributed by atoms with Crippen LogP contribution in [0.25, 0.3) is 33.5 Å². The van der Waals surface area contributed by atoms with Gasteiger partial charge < -0.3 is 34.3 Å². The third-order valence-electron chi connectivity index (χ3n) is 10.2. The minimum atomic E-state index is -4.50. The fourth-order valence-electron chi connectivity index (χ4n) is 6.84. The molecular formula is C53H57N5O13S4. The summed E-state index contributed by atoms with van der Waals surface area (Å²) in [6, 6.07) is 35.4. The Bertz CT molecular complexity index is 3520. The molecule has 6 aromatic carbocycles. The number of benzene rings is 6. The Labute approximate surface area is 441 Å². The number of nitrogens with one attached hydrogen (secondary N) is 4. The lowest BCUT2D eigenvalue weighted by Gasteiger charge is -2.21. The summed E-state index contributed by atoms with van der Waals surface area (Å²) in [6.07, 6.45) is 0.956. The van der Waals surface area contributed by atoms with E-state index in [9.17, 15) is 34.8 Å². The second-order valence-electron chi connectivity index (χ2n) is 18.6. The lowest BCUT2D eigenvalue weighted by Crippen LogP contribution is -2.48. The molecule has 0 aliphatic carbocycles. The van der Waals surface area contributed by atoms with Gasteiger partial charge in [0.15, 0.2) is 9.84 Å². The normalized spacial score (nSPS) is 11.8. The molecule has 0 saturated heterocycles. The van der Waals surface area contributed by atoms with E-state index in [1.807, 2.05) is 71.5 Å². The van der Waals surface area contributed by atoms with Crippen molar-refractivity contribution in [3.8, 4) is 73.2 Å². The van der Waals surface area contributed by atoms with E-state index >= 15 is 0 Å². The fraction of sp³-hybridized carbons (Fsp3) is 0.226. The number of carbonyl (C=O) groups excluding carboxylic acids is 2. The van der Waals surface area contributed by atoms with Crippen LogP contribution in [0.5, 0.6) is 39.7 Å². The van der Waals surface area contributed by atoms with E-state index in [0.29, 0.717) is 33.7 Å². The van der Waals surface area contributed by atoms with Crippen molar-refractivity contribution in [2.75, 3.05) is 27.6 Å². The van der Waals surface area contributed by atoms with E-state index in [-0.39, 0.29) is 21.3 Å². The number of hydrogen-bond donors (Lipinski definition) is 4. The fourth-order valence-corrected chi connectivity index (χ4v) is 10.3. The summed E-state index contributed by atoms with van der Waals surface area (Å²) in [6.45, 7) is 10.3. The van der Waals surface area contributed by atoms with E-state index in [2.05, 4.69) is 20.3 Å². The van der Waals surface area contributed by atoms with E-state index in [4.69, 9.17) is 23.7 Å². The van der Waals surface area contributed by atoms with E-state index in [1.165, 1.54) is 42.7 Å². The quantitative estimate of drug-likeness (QED) is 0.0747. The van der Waals surface area contributed by atoms with Crippen LogP contribution in [-0.2, 0) is 29.9 Å². The van der Waals surface area contributed by atoms with Crippen molar-refractivity contribution in [1.29, 1.82) is 0 Å². The zero-order valence-electron chi connectivity index (χ0n) is 42.7. The third-order valence-corrected chi connectivity index (χ3v) is 14.8. The molecule has 0 bridgehead atoms. The molecule has 7 aromatic rings. The first-order chi connectivity index (χ1) is 35.1. The van der Waals surface area contributed by atoms with Crippen LogP contribution in [0.1, 0.15) is 41.5 Å². The molecule has 4 amide bonds. The Kier molecular flexibility index (Phi) is 17.6. The van der Waals surface area contributed by atoms with Crippen LogP contribution in [0.3, 0.4) is 0 Å². The largest absolute Gasteiger partial charge is 0.497 e. The van der Waals surface area contributed by atoms with Gasteiger partial charge in [0, 0.05) is 28.3 Å². The number of ether oxygens (including phenoxy) is 5. The third kappa shape index (κ3) is 15.9. The smallest absolute Gasteiger partial charge is 0.329 e. The van der Waals surface area contributed by atoms with E-state index in [0.717, 1.165) is 40.3 Å². The van der Waals surface area contributed by atoms with E-state index < -0.39 is 57.9 Å². The lowest BCUT2D eigenvalue weighted by molar-refractivity contribution is 0.236. The van der Waals surface area contributed by atoms with Gasteiger partial charge in [-0.25, -0.2) is 49.3 Å². The number of sulfone groups is 1. The van der Waals surface area contributed by atoms with Crippen molar-refractivity contribution in [2.45, 2.75) is 67.3 Å². The number of rotatable bonds is 15. The highest BCUT2D eigenvalue weighted by Gasteiger charge is 2.28. The predicted octanol–water partition coefficient (Wildman–Crippen LogP) is 10.4. The molecule has 0 unspecified atom stereocenters. The molecule has 1 aromatic heterocycles. The Balaban J connectivity index is 0.000000245. The number of carbonyl (C=O) groups is 2. The van der Waals surface area contributed by atoms with Gasteiger partial charge in [-0.2, -0.15) is 0 Å². The molecule has 0 atom stereocenters. The minimum absolute atomic E-state index is 0.0453. The maximum Gasteiger partial charge on any atom is 0.329 e. The maximum absolute atomic E-state index is 13.4. The van der Waals surface area contributed by atoms with Crippen LogP contribution < -0.4 is 43.8 Å². The van der Waals surface area contributed by atoms with Crippen LogP contribution in [0.2, 0.25) is 0 Å². The number of nitrogens with zero attached hydrogens (tertiary/aromatic N) is 1. The zero-order chi connectivity index (χ0) is 54.9. The maximum atomic E-state index is 13.4. The first-order valence-electron chi connectivity index (χ1n) is 22.7. The number of hydrogen-bond acceptors (Lipinski definition) is 15. The van der Waals surface area contributed by atoms with Gasteiger partial charge in [0.1, 0.15) is 44.3 Å². The van der Waals surface area contributed by atoms with Gasteiger partial charge in [-0.15, -0.1) is 0 Å². The average Bonchev–Trinajstić information content (AvgIpc) is 3.82. The highest BCUT2D eigenvalue weighted by molar-refractivity contribution is 7.91. The molecule has 0 radical (unpaired) electrons. The molecule has 396 valence electrons. The average molecular weight is 1100 g/mol. The molecule has 1 heterocycles. The van der Waals surface area contributed by atoms with Gasteiger partial charge in [-0.1, -0.05) is 59.9 Å². The van der Waals surface area contributed by atoms with Crippen molar-refractivity contribution in [2.24, 2.45) is 0 Å². The van der Waals surface area contributed by atoms with Crippen LogP contribution in [0, 0.1) is 0 Å². The van der Waals surface area contributed by atoms with Crippen LogP contribution in [-0.4, -0.2) is 81.0 Å². The Morgan fingerprint density at radius 1 is 0.493 bits per heavy atom. The Morgan fingerprint density at radius 2 is 0.920 bits per heavy atom. The van der Waals surface area contributed by atoms with Gasteiger partial charge in [0.2, 0.25) is 0 Å². The van der Waals surface area contributed by atoms with Crippen molar-refractivity contribution >= 4 is 53.3 Å². The minimum Gasteiger partial charge on any atom is -0.497 e. The molecule has 0 fully saturated rings. The van der Waals surface area contributed by atoms with Crippen molar-refractivity contribution in [3.05, 3.63) is 139 Å². The summed E-state index contributed by atoms with van der Waals surface area (Å²) in [5.41, 5.74) is 3.19. The first kappa shape index (κ1) is 56.6. The summed E-state index contributed by atoms with van der Waals surface area (Å²) in [7, 11) is -7.89. The molecule has 7 rings (SSSR count). The van der Waals surface area contributed by atoms with Crippen LogP contribution >= 0.6 is 11.3 Å². The first-order valence-corrected chi connectivity index (χ1v) is 28.4. The number of sulfonamides is 2. The summed E-state index contributed by atoms with van der Waals surface area (Å²) in [4.78, 5) is 28.2. The monoisotopic (exact) mass is 1100 g/mol. The predicted molar refractivity (Wildman–Crippen MR) is 288 cm³/mol. The molecule has 0 saturated carbocycles. The van der Waals surface area contributed by atoms with Gasteiger partial charge in [0.05, 0.1) is 31.9 Å². The molecule has 0 spiro atoms. The number of thiazole rings is 1. The molecule has 0 aliphatic heterocycles. The summed E-state index contributed by atoms with van der Waals surface area (Å²) in [5.74, 6) is 2.07. The van der Waals surface area contributed by atoms with Crippen molar-refractivity contribution in [1.82, 2.24) is 25.1 Å². The number of methoxy groups -OCH3 is 3. The Morgan fingerprint density at radius 3 is 1.32 bits per heavy atom.